The first-order valence-corrected chi connectivity index (χ1v) is 6.55. The Balaban J connectivity index is 2.63. The molecule has 0 spiro atoms. The second-order valence-electron chi connectivity index (χ2n) is 4.49. The van der Waals surface area contributed by atoms with Crippen LogP contribution in [0.2, 0.25) is 5.02 Å². The van der Waals surface area contributed by atoms with Crippen LogP contribution in [-0.4, -0.2) is 18.1 Å². The molecule has 0 heterocycles. The van der Waals surface area contributed by atoms with Crippen LogP contribution in [0.1, 0.15) is 32.8 Å². The summed E-state index contributed by atoms with van der Waals surface area (Å²) in [7, 11) is 0. The van der Waals surface area contributed by atoms with Crippen molar-refractivity contribution in [3.63, 3.8) is 0 Å². The molecule has 0 aromatic heterocycles. The van der Waals surface area contributed by atoms with Gasteiger partial charge in [0.15, 0.2) is 6.10 Å². The molecule has 0 saturated heterocycles. The number of carbonyl (C=O) groups is 1. The Morgan fingerprint density at radius 1 is 1.44 bits per heavy atom. The van der Waals surface area contributed by atoms with E-state index in [0.717, 1.165) is 12.0 Å². The van der Waals surface area contributed by atoms with Gasteiger partial charge in [-0.15, -0.1) is 0 Å². The van der Waals surface area contributed by atoms with E-state index in [-0.39, 0.29) is 11.9 Å². The normalized spacial score (nSPS) is 13.8. The summed E-state index contributed by atoms with van der Waals surface area (Å²) < 4.78 is 5.64. The molecule has 0 aliphatic heterocycles. The molecule has 4 heteroatoms. The summed E-state index contributed by atoms with van der Waals surface area (Å²) in [5.41, 5.74) is 0.922. The molecule has 18 heavy (non-hydrogen) atoms. The number of hydrogen-bond acceptors (Lipinski definition) is 2. The van der Waals surface area contributed by atoms with Crippen molar-refractivity contribution in [2.24, 2.45) is 0 Å². The molecule has 0 aliphatic rings. The zero-order valence-corrected chi connectivity index (χ0v) is 12.0. The molecule has 0 fully saturated rings. The summed E-state index contributed by atoms with van der Waals surface area (Å²) in [6, 6.07) is 5.51. The third-order valence-corrected chi connectivity index (χ3v) is 3.05. The van der Waals surface area contributed by atoms with Gasteiger partial charge in [0.2, 0.25) is 0 Å². The molecular formula is C14H20ClNO2. The van der Waals surface area contributed by atoms with Crippen molar-refractivity contribution in [1.29, 1.82) is 0 Å². The van der Waals surface area contributed by atoms with Crippen LogP contribution < -0.4 is 10.1 Å². The second kappa shape index (κ2) is 6.64. The zero-order valence-electron chi connectivity index (χ0n) is 11.3. The Morgan fingerprint density at radius 3 is 2.67 bits per heavy atom. The monoisotopic (exact) mass is 269 g/mol. The van der Waals surface area contributed by atoms with E-state index in [4.69, 9.17) is 16.3 Å². The van der Waals surface area contributed by atoms with E-state index in [1.807, 2.05) is 26.8 Å². The second-order valence-corrected chi connectivity index (χ2v) is 4.92. The van der Waals surface area contributed by atoms with E-state index in [2.05, 4.69) is 5.32 Å². The van der Waals surface area contributed by atoms with Crippen molar-refractivity contribution in [2.45, 2.75) is 46.3 Å². The van der Waals surface area contributed by atoms with Gasteiger partial charge in [-0.3, -0.25) is 4.79 Å². The van der Waals surface area contributed by atoms with Crippen LogP contribution in [0.3, 0.4) is 0 Å². The Morgan fingerprint density at radius 2 is 2.11 bits per heavy atom. The summed E-state index contributed by atoms with van der Waals surface area (Å²) in [6.07, 6.45) is 0.386. The smallest absolute Gasteiger partial charge is 0.260 e. The standard InChI is InChI=1S/C14H20ClNO2/c1-5-10(3)16-14(17)11(4)18-13-7-6-12(15)8-9(13)2/h6-8,10-11H,5H2,1-4H3,(H,16,17)/t10-,11+/m1/s1. The molecule has 1 N–H and O–H groups in total. The van der Waals surface area contributed by atoms with Gasteiger partial charge in [0, 0.05) is 11.1 Å². The minimum absolute atomic E-state index is 0.0984. The number of hydrogen-bond donors (Lipinski definition) is 1. The van der Waals surface area contributed by atoms with Crippen LogP contribution in [0.15, 0.2) is 18.2 Å². The molecule has 0 bridgehead atoms. The minimum Gasteiger partial charge on any atom is -0.481 e. The lowest BCUT2D eigenvalue weighted by Crippen LogP contribution is -2.41. The molecule has 0 radical (unpaired) electrons. The van der Waals surface area contributed by atoms with Crippen molar-refractivity contribution in [2.75, 3.05) is 0 Å². The van der Waals surface area contributed by atoms with Crippen LogP contribution in [0.25, 0.3) is 0 Å². The van der Waals surface area contributed by atoms with E-state index in [9.17, 15) is 4.79 Å². The van der Waals surface area contributed by atoms with Crippen LogP contribution in [0, 0.1) is 6.92 Å². The summed E-state index contributed by atoms with van der Waals surface area (Å²) in [4.78, 5) is 11.8. The van der Waals surface area contributed by atoms with Gasteiger partial charge in [0.1, 0.15) is 5.75 Å². The fraction of sp³-hybridized carbons (Fsp3) is 0.500. The third-order valence-electron chi connectivity index (χ3n) is 2.81. The molecule has 2 atom stereocenters. The fourth-order valence-electron chi connectivity index (χ4n) is 1.45. The highest BCUT2D eigenvalue weighted by atomic mass is 35.5. The van der Waals surface area contributed by atoms with Gasteiger partial charge in [0.05, 0.1) is 0 Å². The Kier molecular flexibility index (Phi) is 5.48. The van der Waals surface area contributed by atoms with Crippen LogP contribution >= 0.6 is 11.6 Å². The predicted octanol–water partition coefficient (Wildman–Crippen LogP) is 3.33. The summed E-state index contributed by atoms with van der Waals surface area (Å²) >= 11 is 5.87. The van der Waals surface area contributed by atoms with E-state index in [1.165, 1.54) is 0 Å². The van der Waals surface area contributed by atoms with Crippen molar-refractivity contribution in [3.8, 4) is 5.75 Å². The lowest BCUT2D eigenvalue weighted by Gasteiger charge is -2.18. The molecule has 3 nitrogen and oxygen atoms in total. The van der Waals surface area contributed by atoms with E-state index in [0.29, 0.717) is 10.8 Å². The quantitative estimate of drug-likeness (QED) is 0.890. The highest BCUT2D eigenvalue weighted by Crippen LogP contribution is 2.22. The Hall–Kier alpha value is -1.22. The lowest BCUT2D eigenvalue weighted by atomic mass is 10.2. The Labute approximate surface area is 113 Å². The number of aryl methyl sites for hydroxylation is 1. The summed E-state index contributed by atoms with van der Waals surface area (Å²) in [5, 5.41) is 3.55. The molecule has 1 amide bonds. The maximum atomic E-state index is 11.8. The van der Waals surface area contributed by atoms with Crippen molar-refractivity contribution >= 4 is 17.5 Å². The van der Waals surface area contributed by atoms with Gasteiger partial charge in [-0.1, -0.05) is 18.5 Å². The molecule has 0 unspecified atom stereocenters. The molecule has 0 aliphatic carbocycles. The SMILES string of the molecule is CC[C@@H](C)NC(=O)[C@H](C)Oc1ccc(Cl)cc1C. The van der Waals surface area contributed by atoms with Gasteiger partial charge < -0.3 is 10.1 Å². The highest BCUT2D eigenvalue weighted by molar-refractivity contribution is 6.30. The molecule has 100 valence electrons. The Bertz CT molecular complexity index is 420. The maximum Gasteiger partial charge on any atom is 0.260 e. The minimum atomic E-state index is -0.515. The van der Waals surface area contributed by atoms with Gasteiger partial charge in [-0.25, -0.2) is 0 Å². The predicted molar refractivity (Wildman–Crippen MR) is 74.2 cm³/mol. The lowest BCUT2D eigenvalue weighted by molar-refractivity contribution is -0.127. The summed E-state index contributed by atoms with van der Waals surface area (Å²) in [5.74, 6) is 0.588. The van der Waals surface area contributed by atoms with E-state index < -0.39 is 6.10 Å². The van der Waals surface area contributed by atoms with Gasteiger partial charge in [-0.05, 0) is 51.0 Å². The number of rotatable bonds is 5. The van der Waals surface area contributed by atoms with Crippen molar-refractivity contribution in [3.05, 3.63) is 28.8 Å². The number of halogens is 1. The number of ether oxygens (including phenoxy) is 1. The number of benzene rings is 1. The summed E-state index contributed by atoms with van der Waals surface area (Å²) in [6.45, 7) is 7.64. The van der Waals surface area contributed by atoms with Crippen LogP contribution in [0.4, 0.5) is 0 Å². The average Bonchev–Trinajstić information content (AvgIpc) is 2.32. The first-order valence-electron chi connectivity index (χ1n) is 6.17. The molecule has 1 aromatic carbocycles. The van der Waals surface area contributed by atoms with Crippen molar-refractivity contribution < 1.29 is 9.53 Å². The zero-order chi connectivity index (χ0) is 13.7. The van der Waals surface area contributed by atoms with Crippen LogP contribution in [-0.2, 0) is 4.79 Å². The van der Waals surface area contributed by atoms with E-state index in [1.54, 1.807) is 19.1 Å². The van der Waals surface area contributed by atoms with Gasteiger partial charge in [-0.2, -0.15) is 0 Å². The number of amides is 1. The average molecular weight is 270 g/mol. The van der Waals surface area contributed by atoms with Crippen LogP contribution in [0.5, 0.6) is 5.75 Å². The molecular weight excluding hydrogens is 250 g/mol. The maximum absolute atomic E-state index is 11.8. The molecule has 1 rings (SSSR count). The first kappa shape index (κ1) is 14.8. The van der Waals surface area contributed by atoms with E-state index >= 15 is 0 Å². The number of carbonyl (C=O) groups excluding carboxylic acids is 1. The topological polar surface area (TPSA) is 38.3 Å². The molecule has 1 aromatic rings. The first-order chi connectivity index (χ1) is 8.43. The third kappa shape index (κ3) is 4.22. The van der Waals surface area contributed by atoms with Crippen molar-refractivity contribution in [1.82, 2.24) is 5.32 Å². The van der Waals surface area contributed by atoms with Gasteiger partial charge >= 0.3 is 0 Å². The highest BCUT2D eigenvalue weighted by Gasteiger charge is 2.16. The fourth-order valence-corrected chi connectivity index (χ4v) is 1.68. The largest absolute Gasteiger partial charge is 0.481 e. The molecule has 0 saturated carbocycles. The van der Waals surface area contributed by atoms with Gasteiger partial charge in [0.25, 0.3) is 5.91 Å². The number of nitrogens with one attached hydrogen (secondary N) is 1.